The van der Waals surface area contributed by atoms with Crippen molar-refractivity contribution in [2.24, 2.45) is 7.05 Å². The number of nitriles is 1. The third-order valence-corrected chi connectivity index (χ3v) is 13.8. The number of aryl methyl sites for hydroxylation is 2. The topological polar surface area (TPSA) is 40.8 Å². The standard InChI is InChI=1S/C27H31GeN2O/c1-6-7-9-16-28(3,4)25-20(18-29)13-15-22-21-14-12-19(2)24(26(21)31-27(22)25)23-11-8-10-17-30(23)5/h8,10-15,17H,6-7,9,16H2,1-5H3/q+1. The number of hydrogen-bond donors (Lipinski definition) is 0. The molecular weight excluding hydrogens is 441 g/mol. The minimum atomic E-state index is -2.45. The fourth-order valence-electron chi connectivity index (χ4n) is 4.81. The van der Waals surface area contributed by atoms with E-state index < -0.39 is 13.3 Å². The summed E-state index contributed by atoms with van der Waals surface area (Å²) < 4.78 is 10.1. The summed E-state index contributed by atoms with van der Waals surface area (Å²) in [5, 5.41) is 13.4. The van der Waals surface area contributed by atoms with Gasteiger partial charge in [0.25, 0.3) is 0 Å². The molecule has 2 aromatic heterocycles. The number of fused-ring (bicyclic) bond motifs is 3. The van der Waals surface area contributed by atoms with Gasteiger partial charge in [0.2, 0.25) is 0 Å². The van der Waals surface area contributed by atoms with Gasteiger partial charge < -0.3 is 0 Å². The molecule has 31 heavy (non-hydrogen) atoms. The van der Waals surface area contributed by atoms with Crippen molar-refractivity contribution in [3.8, 4) is 17.3 Å². The van der Waals surface area contributed by atoms with Gasteiger partial charge in [0, 0.05) is 0 Å². The number of rotatable bonds is 6. The van der Waals surface area contributed by atoms with Crippen LogP contribution in [0.2, 0.25) is 16.8 Å². The van der Waals surface area contributed by atoms with Crippen molar-refractivity contribution in [2.75, 3.05) is 0 Å². The van der Waals surface area contributed by atoms with Crippen LogP contribution in [0.4, 0.5) is 0 Å². The van der Waals surface area contributed by atoms with E-state index in [1.807, 2.05) is 12.1 Å². The Morgan fingerprint density at radius 1 is 1.00 bits per heavy atom. The van der Waals surface area contributed by atoms with Gasteiger partial charge in [-0.05, 0) is 0 Å². The average Bonchev–Trinajstić information content (AvgIpc) is 3.12. The van der Waals surface area contributed by atoms with Crippen molar-refractivity contribution >= 4 is 39.6 Å². The van der Waals surface area contributed by atoms with Crippen LogP contribution in [-0.4, -0.2) is 13.3 Å². The van der Waals surface area contributed by atoms with Crippen LogP contribution in [0.1, 0.15) is 37.3 Å². The van der Waals surface area contributed by atoms with Crippen molar-refractivity contribution < 1.29 is 8.98 Å². The first-order chi connectivity index (χ1) is 14.9. The molecule has 0 radical (unpaired) electrons. The monoisotopic (exact) mass is 473 g/mol. The molecule has 0 saturated heterocycles. The summed E-state index contributed by atoms with van der Waals surface area (Å²) in [6.07, 6.45) is 5.77. The zero-order valence-electron chi connectivity index (χ0n) is 19.2. The molecule has 2 heterocycles. The van der Waals surface area contributed by atoms with Crippen molar-refractivity contribution in [1.29, 1.82) is 5.26 Å². The number of aromatic nitrogens is 1. The summed E-state index contributed by atoms with van der Waals surface area (Å²) in [6, 6.07) is 17.2. The Kier molecular flexibility index (Phi) is 5.94. The Bertz CT molecular complexity index is 1310. The summed E-state index contributed by atoms with van der Waals surface area (Å²) in [5.41, 5.74) is 6.14. The van der Waals surface area contributed by atoms with Gasteiger partial charge in [0.15, 0.2) is 0 Å². The summed E-state index contributed by atoms with van der Waals surface area (Å²) >= 11 is -2.45. The first-order valence-electron chi connectivity index (χ1n) is 11.2. The molecule has 0 N–H and O–H groups in total. The first kappa shape index (κ1) is 21.6. The fraction of sp³-hybridized carbons (Fsp3) is 0.333. The summed E-state index contributed by atoms with van der Waals surface area (Å²) in [5.74, 6) is 4.86. The molecule has 4 rings (SSSR count). The number of hydrogen-bond acceptors (Lipinski definition) is 2. The maximum atomic E-state index is 9.94. The van der Waals surface area contributed by atoms with Gasteiger partial charge in [-0.15, -0.1) is 0 Å². The van der Waals surface area contributed by atoms with Gasteiger partial charge in [0.1, 0.15) is 0 Å². The molecule has 4 heteroatoms. The first-order valence-corrected chi connectivity index (χ1v) is 18.0. The average molecular weight is 472 g/mol. The molecule has 0 saturated carbocycles. The van der Waals surface area contributed by atoms with Gasteiger partial charge in [0.05, 0.1) is 0 Å². The van der Waals surface area contributed by atoms with Crippen LogP contribution in [0.5, 0.6) is 0 Å². The SMILES string of the molecule is CCCC[CH2][Ge]([CH3])([CH3])[c]1c(C#N)ccc2c1oc1c(-c3cccc[n+]3C)c(C)ccc12. The van der Waals surface area contributed by atoms with E-state index in [1.165, 1.54) is 34.5 Å². The predicted octanol–water partition coefficient (Wildman–Crippen LogP) is 6.36. The molecule has 0 amide bonds. The van der Waals surface area contributed by atoms with Crippen LogP contribution in [0.15, 0.2) is 53.1 Å². The molecule has 158 valence electrons. The Labute approximate surface area is 187 Å². The zero-order chi connectivity index (χ0) is 22.2. The third kappa shape index (κ3) is 3.79. The molecule has 0 spiro atoms. The Morgan fingerprint density at radius 3 is 2.45 bits per heavy atom. The number of furan rings is 1. The maximum absolute atomic E-state index is 9.94. The molecule has 0 bridgehead atoms. The van der Waals surface area contributed by atoms with E-state index in [0.29, 0.717) is 0 Å². The molecule has 2 aromatic carbocycles. The minimum absolute atomic E-state index is 0.802. The quantitative estimate of drug-likeness (QED) is 0.186. The van der Waals surface area contributed by atoms with Crippen molar-refractivity contribution in [3.05, 3.63) is 59.8 Å². The van der Waals surface area contributed by atoms with Gasteiger partial charge in [-0.25, -0.2) is 0 Å². The second-order valence-corrected chi connectivity index (χ2v) is 19.3. The second-order valence-electron chi connectivity index (χ2n) is 9.25. The molecule has 0 aliphatic heterocycles. The Balaban J connectivity index is 2.04. The van der Waals surface area contributed by atoms with Crippen LogP contribution >= 0.6 is 0 Å². The normalized spacial score (nSPS) is 11.9. The van der Waals surface area contributed by atoms with Gasteiger partial charge in [-0.3, -0.25) is 0 Å². The van der Waals surface area contributed by atoms with E-state index in [0.717, 1.165) is 38.8 Å². The molecule has 0 aliphatic rings. The van der Waals surface area contributed by atoms with Crippen molar-refractivity contribution in [1.82, 2.24) is 0 Å². The van der Waals surface area contributed by atoms with Crippen LogP contribution in [0.25, 0.3) is 33.2 Å². The number of benzene rings is 2. The molecule has 4 aromatic rings. The fourth-order valence-corrected chi connectivity index (χ4v) is 11.2. The van der Waals surface area contributed by atoms with E-state index in [4.69, 9.17) is 4.42 Å². The molecular formula is C27H31GeN2O+. The van der Waals surface area contributed by atoms with E-state index in [2.05, 4.69) is 79.6 Å². The van der Waals surface area contributed by atoms with Crippen LogP contribution < -0.4 is 8.96 Å². The molecule has 0 fully saturated rings. The van der Waals surface area contributed by atoms with Crippen molar-refractivity contribution in [2.45, 2.75) is 49.9 Å². The predicted molar refractivity (Wildman–Crippen MR) is 131 cm³/mol. The molecule has 3 nitrogen and oxygen atoms in total. The van der Waals surface area contributed by atoms with Crippen molar-refractivity contribution in [3.63, 3.8) is 0 Å². The van der Waals surface area contributed by atoms with Crippen LogP contribution in [0.3, 0.4) is 0 Å². The second kappa shape index (κ2) is 8.51. The van der Waals surface area contributed by atoms with E-state index in [1.54, 1.807) is 0 Å². The molecule has 0 atom stereocenters. The molecule has 0 aliphatic carbocycles. The third-order valence-electron chi connectivity index (χ3n) is 6.53. The number of unbranched alkanes of at least 4 members (excludes halogenated alkanes) is 2. The molecule has 0 unspecified atom stereocenters. The van der Waals surface area contributed by atoms with E-state index in [9.17, 15) is 5.26 Å². The van der Waals surface area contributed by atoms with Crippen LogP contribution in [0, 0.1) is 18.3 Å². The van der Waals surface area contributed by atoms with Gasteiger partial charge in [-0.1, -0.05) is 0 Å². The summed E-state index contributed by atoms with van der Waals surface area (Å²) in [7, 11) is 2.07. The number of pyridine rings is 1. The Morgan fingerprint density at radius 2 is 1.74 bits per heavy atom. The zero-order valence-corrected chi connectivity index (χ0v) is 21.3. The van der Waals surface area contributed by atoms with Crippen LogP contribution in [-0.2, 0) is 7.05 Å². The number of nitrogens with zero attached hydrogens (tertiary/aromatic N) is 2. The Hall–Kier alpha value is -2.58. The van der Waals surface area contributed by atoms with Gasteiger partial charge in [-0.2, -0.15) is 0 Å². The summed E-state index contributed by atoms with van der Waals surface area (Å²) in [4.78, 5) is 0. The van der Waals surface area contributed by atoms with E-state index >= 15 is 0 Å². The summed E-state index contributed by atoms with van der Waals surface area (Å²) in [6.45, 7) is 4.39. The van der Waals surface area contributed by atoms with E-state index in [-0.39, 0.29) is 0 Å². The van der Waals surface area contributed by atoms with Gasteiger partial charge >= 0.3 is 188 Å².